The number of H-pyrrole nitrogens is 1. The van der Waals surface area contributed by atoms with E-state index in [9.17, 15) is 9.59 Å². The minimum Gasteiger partial charge on any atom is -0.489 e. The molecule has 8 heteroatoms. The zero-order valence-corrected chi connectivity index (χ0v) is 18.8. The summed E-state index contributed by atoms with van der Waals surface area (Å²) in [5, 5.41) is 3.82. The maximum atomic E-state index is 12.5. The first-order chi connectivity index (χ1) is 16.6. The van der Waals surface area contributed by atoms with Crippen LogP contribution in [0.5, 0.6) is 5.75 Å². The maximum Gasteiger partial charge on any atom is 0.355 e. The van der Waals surface area contributed by atoms with Gasteiger partial charge >= 0.3 is 11.9 Å². The lowest BCUT2D eigenvalue weighted by molar-refractivity contribution is -0.142. The van der Waals surface area contributed by atoms with Gasteiger partial charge in [-0.15, -0.1) is 0 Å². The number of carbonyl (C=O) groups is 2. The standard InChI is InChI=1S/C26H26N2O6/c1-2-31-25(29)15-27-14-21-10-11-22(34-21)17-33-26(30)24-12-19-8-9-20(13-23(19)28-24)32-16-18-6-4-3-5-7-18/h3-13,27-28H,2,14-17H2,1H3. The second kappa shape index (κ2) is 11.2. The molecule has 8 nitrogen and oxygen atoms in total. The summed E-state index contributed by atoms with van der Waals surface area (Å²) in [4.78, 5) is 26.9. The van der Waals surface area contributed by atoms with Gasteiger partial charge in [-0.1, -0.05) is 30.3 Å². The SMILES string of the molecule is CCOC(=O)CNCc1ccc(COC(=O)c2cc3ccc(OCc4ccccc4)cc3[nH]2)o1. The Balaban J connectivity index is 1.28. The first-order valence-electron chi connectivity index (χ1n) is 11.0. The second-order valence-electron chi connectivity index (χ2n) is 7.56. The predicted molar refractivity (Wildman–Crippen MR) is 125 cm³/mol. The number of aromatic amines is 1. The van der Waals surface area contributed by atoms with Crippen LogP contribution in [0.4, 0.5) is 0 Å². The van der Waals surface area contributed by atoms with Crippen LogP contribution in [0.15, 0.2) is 71.1 Å². The molecule has 0 unspecified atom stereocenters. The number of hydrogen-bond acceptors (Lipinski definition) is 7. The van der Waals surface area contributed by atoms with Crippen molar-refractivity contribution in [3.05, 3.63) is 89.5 Å². The Kier molecular flexibility index (Phi) is 7.62. The lowest BCUT2D eigenvalue weighted by Gasteiger charge is -2.06. The third kappa shape index (κ3) is 6.26. The number of hydrogen-bond donors (Lipinski definition) is 2. The fraction of sp³-hybridized carbons (Fsp3) is 0.231. The molecule has 4 aromatic rings. The zero-order chi connectivity index (χ0) is 23.8. The molecule has 0 fully saturated rings. The summed E-state index contributed by atoms with van der Waals surface area (Å²) in [6.07, 6.45) is 0. The van der Waals surface area contributed by atoms with Crippen molar-refractivity contribution in [1.82, 2.24) is 10.3 Å². The lowest BCUT2D eigenvalue weighted by Crippen LogP contribution is -2.24. The number of aromatic nitrogens is 1. The Bertz CT molecular complexity index is 1240. The Morgan fingerprint density at radius 3 is 2.59 bits per heavy atom. The van der Waals surface area contributed by atoms with Crippen molar-refractivity contribution in [2.45, 2.75) is 26.7 Å². The van der Waals surface area contributed by atoms with E-state index in [0.717, 1.165) is 16.5 Å². The van der Waals surface area contributed by atoms with Crippen LogP contribution in [0.1, 0.15) is 34.5 Å². The number of ether oxygens (including phenoxy) is 3. The Morgan fingerprint density at radius 1 is 0.941 bits per heavy atom. The van der Waals surface area contributed by atoms with E-state index in [-0.39, 0.29) is 19.1 Å². The fourth-order valence-corrected chi connectivity index (χ4v) is 3.36. The first kappa shape index (κ1) is 23.1. The predicted octanol–water partition coefficient (Wildman–Crippen LogP) is 4.35. The summed E-state index contributed by atoms with van der Waals surface area (Å²) in [5.41, 5.74) is 2.21. The van der Waals surface area contributed by atoms with Crippen molar-refractivity contribution in [2.75, 3.05) is 13.2 Å². The van der Waals surface area contributed by atoms with Gasteiger partial charge in [-0.2, -0.15) is 0 Å². The van der Waals surface area contributed by atoms with E-state index in [1.54, 1.807) is 25.1 Å². The van der Waals surface area contributed by atoms with Crippen LogP contribution in [0.3, 0.4) is 0 Å². The van der Waals surface area contributed by atoms with Crippen LogP contribution in [0.25, 0.3) is 10.9 Å². The molecule has 0 radical (unpaired) electrons. The molecule has 2 aromatic carbocycles. The summed E-state index contributed by atoms with van der Waals surface area (Å²) in [6, 6.07) is 20.8. The monoisotopic (exact) mass is 462 g/mol. The average Bonchev–Trinajstić information content (AvgIpc) is 3.48. The summed E-state index contributed by atoms with van der Waals surface area (Å²) in [7, 11) is 0. The van der Waals surface area contributed by atoms with Crippen LogP contribution in [0.2, 0.25) is 0 Å². The molecule has 0 aliphatic rings. The molecular formula is C26H26N2O6. The van der Waals surface area contributed by atoms with Gasteiger partial charge in [0.25, 0.3) is 0 Å². The van der Waals surface area contributed by atoms with Crippen molar-refractivity contribution in [2.24, 2.45) is 0 Å². The molecule has 0 spiro atoms. The molecule has 4 rings (SSSR count). The van der Waals surface area contributed by atoms with Crippen molar-refractivity contribution in [3.63, 3.8) is 0 Å². The van der Waals surface area contributed by atoms with E-state index < -0.39 is 5.97 Å². The average molecular weight is 463 g/mol. The number of esters is 2. The molecule has 0 saturated heterocycles. The first-order valence-corrected chi connectivity index (χ1v) is 11.0. The number of nitrogens with one attached hydrogen (secondary N) is 2. The lowest BCUT2D eigenvalue weighted by atomic mass is 10.2. The minimum absolute atomic E-state index is 0.00247. The maximum absolute atomic E-state index is 12.5. The molecule has 2 heterocycles. The quantitative estimate of drug-likeness (QED) is 0.320. The molecule has 2 aromatic heterocycles. The molecule has 34 heavy (non-hydrogen) atoms. The normalized spacial score (nSPS) is 10.9. The number of furan rings is 1. The highest BCUT2D eigenvalue weighted by atomic mass is 16.5. The van der Waals surface area contributed by atoms with Crippen LogP contribution in [-0.4, -0.2) is 30.1 Å². The third-order valence-corrected chi connectivity index (χ3v) is 5.00. The van der Waals surface area contributed by atoms with E-state index in [1.165, 1.54) is 0 Å². The fourth-order valence-electron chi connectivity index (χ4n) is 3.36. The Labute approximate surface area is 196 Å². The molecule has 0 saturated carbocycles. The van der Waals surface area contributed by atoms with Gasteiger partial charge in [0.1, 0.15) is 36.2 Å². The number of carbonyl (C=O) groups excluding carboxylic acids is 2. The van der Waals surface area contributed by atoms with Crippen LogP contribution in [-0.2, 0) is 34.0 Å². The third-order valence-electron chi connectivity index (χ3n) is 5.00. The number of fused-ring (bicyclic) bond motifs is 1. The highest BCUT2D eigenvalue weighted by Gasteiger charge is 2.13. The molecule has 0 aliphatic heterocycles. The van der Waals surface area contributed by atoms with Gasteiger partial charge in [-0.3, -0.25) is 10.1 Å². The number of benzene rings is 2. The highest BCUT2D eigenvalue weighted by molar-refractivity contribution is 5.95. The Morgan fingerprint density at radius 2 is 1.76 bits per heavy atom. The highest BCUT2D eigenvalue weighted by Crippen LogP contribution is 2.23. The minimum atomic E-state index is -0.485. The van der Waals surface area contributed by atoms with Gasteiger partial charge < -0.3 is 23.6 Å². The van der Waals surface area contributed by atoms with Crippen LogP contribution >= 0.6 is 0 Å². The summed E-state index contributed by atoms with van der Waals surface area (Å²) in [5.74, 6) is 1.04. The molecule has 0 atom stereocenters. The van der Waals surface area contributed by atoms with Crippen molar-refractivity contribution >= 4 is 22.8 Å². The van der Waals surface area contributed by atoms with Gasteiger partial charge in [0, 0.05) is 17.0 Å². The summed E-state index contributed by atoms with van der Waals surface area (Å²) < 4.78 is 21.7. The molecule has 2 N–H and O–H groups in total. The smallest absolute Gasteiger partial charge is 0.355 e. The van der Waals surface area contributed by atoms with E-state index in [4.69, 9.17) is 18.6 Å². The van der Waals surface area contributed by atoms with Gasteiger partial charge in [-0.25, -0.2) is 4.79 Å². The van der Waals surface area contributed by atoms with Crippen LogP contribution < -0.4 is 10.1 Å². The molecule has 0 amide bonds. The largest absolute Gasteiger partial charge is 0.489 e. The van der Waals surface area contributed by atoms with Gasteiger partial charge in [0.05, 0.1) is 19.7 Å². The number of rotatable bonds is 11. The van der Waals surface area contributed by atoms with E-state index >= 15 is 0 Å². The summed E-state index contributed by atoms with van der Waals surface area (Å²) in [6.45, 7) is 3.02. The van der Waals surface area contributed by atoms with E-state index in [2.05, 4.69) is 10.3 Å². The summed E-state index contributed by atoms with van der Waals surface area (Å²) >= 11 is 0. The molecule has 0 aliphatic carbocycles. The van der Waals surface area contributed by atoms with Gasteiger partial charge in [-0.05, 0) is 42.8 Å². The molecular weight excluding hydrogens is 436 g/mol. The Hall–Kier alpha value is -4.04. The zero-order valence-electron chi connectivity index (χ0n) is 18.8. The topological polar surface area (TPSA) is 103 Å². The second-order valence-corrected chi connectivity index (χ2v) is 7.56. The van der Waals surface area contributed by atoms with Crippen molar-refractivity contribution < 1.29 is 28.2 Å². The van der Waals surface area contributed by atoms with E-state index in [0.29, 0.717) is 42.7 Å². The molecule has 176 valence electrons. The van der Waals surface area contributed by atoms with Crippen molar-refractivity contribution in [1.29, 1.82) is 0 Å². The van der Waals surface area contributed by atoms with Crippen molar-refractivity contribution in [3.8, 4) is 5.75 Å². The van der Waals surface area contributed by atoms with E-state index in [1.807, 2.05) is 48.5 Å². The van der Waals surface area contributed by atoms with Crippen LogP contribution in [0, 0.1) is 0 Å². The van der Waals surface area contributed by atoms with Gasteiger partial charge in [0.2, 0.25) is 0 Å². The van der Waals surface area contributed by atoms with Gasteiger partial charge in [0.15, 0.2) is 0 Å². The molecule has 0 bridgehead atoms.